The van der Waals surface area contributed by atoms with E-state index in [-0.39, 0.29) is 5.75 Å². The fraction of sp³-hybridized carbons (Fsp3) is 0.350. The highest BCUT2D eigenvalue weighted by Gasteiger charge is 2.16. The fourth-order valence-corrected chi connectivity index (χ4v) is 3.14. The molecule has 2 aromatic rings. The average Bonchev–Trinajstić information content (AvgIpc) is 2.65. The molecule has 26 heavy (non-hydrogen) atoms. The molecule has 2 aromatic carbocycles. The minimum atomic E-state index is 0.139. The van der Waals surface area contributed by atoms with E-state index in [1.54, 1.807) is 13.2 Å². The van der Waals surface area contributed by atoms with E-state index in [9.17, 15) is 5.11 Å². The van der Waals surface area contributed by atoms with Crippen LogP contribution in [0.1, 0.15) is 18.1 Å². The summed E-state index contributed by atoms with van der Waals surface area (Å²) in [4.78, 5) is 2.42. The molecule has 0 radical (unpaired) electrons. The van der Waals surface area contributed by atoms with Crippen molar-refractivity contribution < 1.29 is 9.84 Å². The Hall–Kier alpha value is -2.24. The first-order chi connectivity index (χ1) is 12.5. The summed E-state index contributed by atoms with van der Waals surface area (Å²) in [5, 5.41) is 17.3. The Morgan fingerprint density at radius 3 is 2.46 bits per heavy atom. The molecule has 0 spiro atoms. The first-order valence-electron chi connectivity index (χ1n) is 8.69. The summed E-state index contributed by atoms with van der Waals surface area (Å²) < 4.78 is 5.17. The quantitative estimate of drug-likeness (QED) is 0.813. The highest BCUT2D eigenvalue weighted by molar-refractivity contribution is 6.30. The minimum absolute atomic E-state index is 0.139. The highest BCUT2D eigenvalue weighted by Crippen LogP contribution is 2.26. The Balaban J connectivity index is 1.57. The van der Waals surface area contributed by atoms with Gasteiger partial charge < -0.3 is 9.84 Å². The number of phenols is 1. The molecule has 0 saturated carbocycles. The number of hydrogen-bond donors (Lipinski definition) is 1. The van der Waals surface area contributed by atoms with E-state index in [0.29, 0.717) is 5.75 Å². The molecule has 6 heteroatoms. The number of hydrazone groups is 1. The summed E-state index contributed by atoms with van der Waals surface area (Å²) in [7, 11) is 1.55. The SMILES string of the molecule is COc1cc(/C(C)=N\N2CCN(Cc3ccc(Cl)cc3)CC2)ccc1O. The second-order valence-electron chi connectivity index (χ2n) is 6.43. The average molecular weight is 374 g/mol. The third kappa shape index (κ3) is 4.68. The summed E-state index contributed by atoms with van der Waals surface area (Å²) in [5.74, 6) is 0.602. The van der Waals surface area contributed by atoms with Gasteiger partial charge in [-0.2, -0.15) is 5.10 Å². The lowest BCUT2D eigenvalue weighted by molar-refractivity contribution is 0.130. The van der Waals surface area contributed by atoms with Crippen molar-refractivity contribution in [2.24, 2.45) is 5.10 Å². The van der Waals surface area contributed by atoms with E-state index < -0.39 is 0 Å². The number of methoxy groups -OCH3 is 1. The van der Waals surface area contributed by atoms with Gasteiger partial charge in [-0.15, -0.1) is 0 Å². The standard InChI is InChI=1S/C20H24ClN3O2/c1-15(17-5-8-19(25)20(13-17)26-2)22-24-11-9-23(10-12-24)14-16-3-6-18(21)7-4-16/h3-8,13,25H,9-12,14H2,1-2H3/b22-15-. The van der Waals surface area contributed by atoms with Crippen molar-refractivity contribution in [1.82, 2.24) is 9.91 Å². The highest BCUT2D eigenvalue weighted by atomic mass is 35.5. The summed E-state index contributed by atoms with van der Waals surface area (Å²) in [6, 6.07) is 13.3. The predicted octanol–water partition coefficient (Wildman–Crippen LogP) is 3.60. The summed E-state index contributed by atoms with van der Waals surface area (Å²) in [6.45, 7) is 6.63. The van der Waals surface area contributed by atoms with Gasteiger partial charge in [0.15, 0.2) is 11.5 Å². The molecule has 1 saturated heterocycles. The molecule has 5 nitrogen and oxygen atoms in total. The number of nitrogens with zero attached hydrogens (tertiary/aromatic N) is 3. The van der Waals surface area contributed by atoms with Crippen molar-refractivity contribution >= 4 is 17.3 Å². The lowest BCUT2D eigenvalue weighted by Crippen LogP contribution is -2.43. The normalized spacial score (nSPS) is 16.0. The van der Waals surface area contributed by atoms with Crippen molar-refractivity contribution in [3.63, 3.8) is 0 Å². The number of benzene rings is 2. The molecular formula is C20H24ClN3O2. The number of halogens is 1. The van der Waals surface area contributed by atoms with Gasteiger partial charge in [0.25, 0.3) is 0 Å². The lowest BCUT2D eigenvalue weighted by Gasteiger charge is -2.33. The summed E-state index contributed by atoms with van der Waals surface area (Å²) in [6.07, 6.45) is 0. The second kappa shape index (κ2) is 8.43. The van der Waals surface area contributed by atoms with Crippen LogP contribution in [0.15, 0.2) is 47.6 Å². The molecular weight excluding hydrogens is 350 g/mol. The van der Waals surface area contributed by atoms with E-state index in [1.165, 1.54) is 5.56 Å². The van der Waals surface area contributed by atoms with Crippen LogP contribution in [0, 0.1) is 0 Å². The Labute approximate surface area is 159 Å². The van der Waals surface area contributed by atoms with E-state index >= 15 is 0 Å². The summed E-state index contributed by atoms with van der Waals surface area (Å²) in [5.41, 5.74) is 3.14. The maximum atomic E-state index is 9.72. The van der Waals surface area contributed by atoms with Crippen LogP contribution in [-0.2, 0) is 6.54 Å². The zero-order chi connectivity index (χ0) is 18.5. The molecule has 0 unspecified atom stereocenters. The van der Waals surface area contributed by atoms with Gasteiger partial charge in [0.2, 0.25) is 0 Å². The van der Waals surface area contributed by atoms with Gasteiger partial charge >= 0.3 is 0 Å². The van der Waals surface area contributed by atoms with Gasteiger partial charge in [-0.05, 0) is 42.8 Å². The van der Waals surface area contributed by atoms with Crippen molar-refractivity contribution in [1.29, 1.82) is 0 Å². The van der Waals surface area contributed by atoms with Crippen LogP contribution in [0.5, 0.6) is 11.5 Å². The molecule has 1 fully saturated rings. The van der Waals surface area contributed by atoms with Gasteiger partial charge in [0, 0.05) is 43.3 Å². The van der Waals surface area contributed by atoms with Crippen LogP contribution >= 0.6 is 11.6 Å². The van der Waals surface area contributed by atoms with E-state index in [4.69, 9.17) is 21.4 Å². The molecule has 1 aliphatic heterocycles. The van der Waals surface area contributed by atoms with Crippen LogP contribution in [0.4, 0.5) is 0 Å². The molecule has 1 heterocycles. The first-order valence-corrected chi connectivity index (χ1v) is 9.07. The van der Waals surface area contributed by atoms with Crippen LogP contribution in [0.25, 0.3) is 0 Å². The minimum Gasteiger partial charge on any atom is -0.504 e. The van der Waals surface area contributed by atoms with E-state index in [0.717, 1.165) is 49.0 Å². The van der Waals surface area contributed by atoms with Crippen LogP contribution in [-0.4, -0.2) is 54.0 Å². The van der Waals surface area contributed by atoms with Crippen molar-refractivity contribution in [2.75, 3.05) is 33.3 Å². The molecule has 0 aromatic heterocycles. The van der Waals surface area contributed by atoms with Gasteiger partial charge in [-0.25, -0.2) is 0 Å². The van der Waals surface area contributed by atoms with E-state index in [2.05, 4.69) is 22.0 Å². The van der Waals surface area contributed by atoms with Gasteiger partial charge in [0.1, 0.15) is 0 Å². The Kier molecular flexibility index (Phi) is 6.01. The van der Waals surface area contributed by atoms with Crippen molar-refractivity contribution in [3.05, 3.63) is 58.6 Å². The zero-order valence-electron chi connectivity index (χ0n) is 15.2. The first kappa shape index (κ1) is 18.5. The fourth-order valence-electron chi connectivity index (χ4n) is 3.02. The van der Waals surface area contributed by atoms with Crippen molar-refractivity contribution in [3.8, 4) is 11.5 Å². The number of rotatable bonds is 5. The van der Waals surface area contributed by atoms with Crippen LogP contribution in [0.3, 0.4) is 0 Å². The molecule has 0 amide bonds. The topological polar surface area (TPSA) is 48.3 Å². The largest absolute Gasteiger partial charge is 0.504 e. The smallest absolute Gasteiger partial charge is 0.161 e. The predicted molar refractivity (Wildman–Crippen MR) is 105 cm³/mol. The molecule has 0 atom stereocenters. The van der Waals surface area contributed by atoms with Crippen LogP contribution in [0.2, 0.25) is 5.02 Å². The Morgan fingerprint density at radius 1 is 1.12 bits per heavy atom. The Morgan fingerprint density at radius 2 is 1.81 bits per heavy atom. The number of ether oxygens (including phenoxy) is 1. The lowest BCUT2D eigenvalue weighted by atomic mass is 10.1. The molecule has 1 aliphatic rings. The van der Waals surface area contributed by atoms with Gasteiger partial charge in [0.05, 0.1) is 12.8 Å². The zero-order valence-corrected chi connectivity index (χ0v) is 15.9. The molecule has 3 rings (SSSR count). The number of phenolic OH excluding ortho intramolecular Hbond substituents is 1. The second-order valence-corrected chi connectivity index (χ2v) is 6.86. The molecule has 0 aliphatic carbocycles. The monoisotopic (exact) mass is 373 g/mol. The number of aromatic hydroxyl groups is 1. The van der Waals surface area contributed by atoms with E-state index in [1.807, 2.05) is 31.2 Å². The molecule has 0 bridgehead atoms. The maximum Gasteiger partial charge on any atom is 0.161 e. The molecule has 1 N–H and O–H groups in total. The molecule has 138 valence electrons. The third-order valence-corrected chi connectivity index (χ3v) is 4.81. The summed E-state index contributed by atoms with van der Waals surface area (Å²) >= 11 is 5.94. The van der Waals surface area contributed by atoms with Gasteiger partial charge in [-0.1, -0.05) is 23.7 Å². The Bertz CT molecular complexity index is 769. The number of piperazine rings is 1. The van der Waals surface area contributed by atoms with Gasteiger partial charge in [-0.3, -0.25) is 9.91 Å². The van der Waals surface area contributed by atoms with Crippen molar-refractivity contribution in [2.45, 2.75) is 13.5 Å². The maximum absolute atomic E-state index is 9.72. The number of hydrogen-bond acceptors (Lipinski definition) is 5. The third-order valence-electron chi connectivity index (χ3n) is 4.56. The van der Waals surface area contributed by atoms with Crippen LogP contribution < -0.4 is 4.74 Å².